The highest BCUT2D eigenvalue weighted by molar-refractivity contribution is 5.97. The number of nitrogens with one attached hydrogen (secondary N) is 1. The summed E-state index contributed by atoms with van der Waals surface area (Å²) in [5.41, 5.74) is 2.77. The van der Waals surface area contributed by atoms with Crippen LogP contribution in [-0.4, -0.2) is 50.3 Å². The fourth-order valence-electron chi connectivity index (χ4n) is 3.78. The quantitative estimate of drug-likeness (QED) is 0.776. The van der Waals surface area contributed by atoms with E-state index in [0.29, 0.717) is 23.6 Å². The average Bonchev–Trinajstić information content (AvgIpc) is 2.71. The largest absolute Gasteiger partial charge is 0.493 e. The number of ether oxygens (including phenoxy) is 3. The SMILES string of the molecule is COc1cccc(C(=O)NCc2ccc(CN3CC(C)OC(C)C3)cc2)c1OC. The molecule has 1 aliphatic heterocycles. The van der Waals surface area contributed by atoms with Crippen LogP contribution < -0.4 is 14.8 Å². The molecule has 1 aliphatic rings. The lowest BCUT2D eigenvalue weighted by molar-refractivity contribution is -0.0704. The fraction of sp³-hybridized carbons (Fsp3) is 0.435. The molecule has 0 spiro atoms. The molecule has 2 aromatic carbocycles. The number of hydrogen-bond donors (Lipinski definition) is 1. The average molecular weight is 399 g/mol. The van der Waals surface area contributed by atoms with Gasteiger partial charge in [0, 0.05) is 26.2 Å². The van der Waals surface area contributed by atoms with Gasteiger partial charge in [0.25, 0.3) is 5.91 Å². The number of methoxy groups -OCH3 is 2. The summed E-state index contributed by atoms with van der Waals surface area (Å²) in [7, 11) is 3.09. The van der Waals surface area contributed by atoms with Crippen molar-refractivity contribution >= 4 is 5.91 Å². The first-order valence-electron chi connectivity index (χ1n) is 9.95. The molecule has 0 bridgehead atoms. The number of para-hydroxylation sites is 1. The number of nitrogens with zero attached hydrogens (tertiary/aromatic N) is 1. The molecule has 2 aromatic rings. The van der Waals surface area contributed by atoms with Crippen LogP contribution in [0, 0.1) is 0 Å². The summed E-state index contributed by atoms with van der Waals surface area (Å²) in [5, 5.41) is 2.95. The zero-order valence-electron chi connectivity index (χ0n) is 17.6. The molecule has 2 unspecified atom stereocenters. The van der Waals surface area contributed by atoms with Gasteiger partial charge < -0.3 is 19.5 Å². The van der Waals surface area contributed by atoms with Crippen LogP contribution in [0.5, 0.6) is 11.5 Å². The molecule has 0 radical (unpaired) electrons. The molecule has 0 aliphatic carbocycles. The summed E-state index contributed by atoms with van der Waals surface area (Å²) in [6.07, 6.45) is 0.531. The molecule has 1 saturated heterocycles. The minimum atomic E-state index is -0.193. The summed E-state index contributed by atoms with van der Waals surface area (Å²) in [5.74, 6) is 0.786. The van der Waals surface area contributed by atoms with E-state index in [-0.39, 0.29) is 18.1 Å². The Bertz CT molecular complexity index is 812. The van der Waals surface area contributed by atoms with E-state index in [1.54, 1.807) is 25.3 Å². The molecular formula is C23H30N2O4. The third-order valence-electron chi connectivity index (χ3n) is 5.03. The molecule has 1 amide bonds. The molecule has 0 saturated carbocycles. The number of carbonyl (C=O) groups excluding carboxylic acids is 1. The highest BCUT2D eigenvalue weighted by Gasteiger charge is 2.22. The number of carbonyl (C=O) groups is 1. The number of amides is 1. The molecule has 1 fully saturated rings. The predicted octanol–water partition coefficient (Wildman–Crippen LogP) is 3.24. The van der Waals surface area contributed by atoms with Gasteiger partial charge in [-0.15, -0.1) is 0 Å². The van der Waals surface area contributed by atoms with E-state index in [4.69, 9.17) is 14.2 Å². The number of hydrogen-bond acceptors (Lipinski definition) is 5. The first-order chi connectivity index (χ1) is 14.0. The zero-order valence-corrected chi connectivity index (χ0v) is 17.6. The molecule has 156 valence electrons. The van der Waals surface area contributed by atoms with Crippen LogP contribution in [0.15, 0.2) is 42.5 Å². The summed E-state index contributed by atoms with van der Waals surface area (Å²) < 4.78 is 16.4. The number of rotatable bonds is 7. The van der Waals surface area contributed by atoms with Crippen molar-refractivity contribution in [2.75, 3.05) is 27.3 Å². The molecule has 1 N–H and O–H groups in total. The van der Waals surface area contributed by atoms with Crippen molar-refractivity contribution < 1.29 is 19.0 Å². The van der Waals surface area contributed by atoms with Gasteiger partial charge in [0.1, 0.15) is 0 Å². The first-order valence-corrected chi connectivity index (χ1v) is 9.95. The first kappa shape index (κ1) is 21.1. The molecule has 2 atom stereocenters. The van der Waals surface area contributed by atoms with Gasteiger partial charge in [-0.3, -0.25) is 9.69 Å². The van der Waals surface area contributed by atoms with E-state index in [1.165, 1.54) is 12.7 Å². The smallest absolute Gasteiger partial charge is 0.255 e. The third-order valence-corrected chi connectivity index (χ3v) is 5.03. The van der Waals surface area contributed by atoms with E-state index in [9.17, 15) is 4.79 Å². The van der Waals surface area contributed by atoms with Crippen molar-refractivity contribution in [3.8, 4) is 11.5 Å². The van der Waals surface area contributed by atoms with Crippen LogP contribution in [-0.2, 0) is 17.8 Å². The van der Waals surface area contributed by atoms with Crippen LogP contribution in [0.25, 0.3) is 0 Å². The monoisotopic (exact) mass is 398 g/mol. The number of morpholine rings is 1. The Morgan fingerprint density at radius 1 is 1.03 bits per heavy atom. The van der Waals surface area contributed by atoms with Crippen LogP contribution in [0.3, 0.4) is 0 Å². The Kier molecular flexibility index (Phi) is 7.12. The fourth-order valence-corrected chi connectivity index (χ4v) is 3.78. The summed E-state index contributed by atoms with van der Waals surface area (Å²) >= 11 is 0. The summed E-state index contributed by atoms with van der Waals surface area (Å²) in [6, 6.07) is 13.6. The Hall–Kier alpha value is -2.57. The third kappa shape index (κ3) is 5.49. The van der Waals surface area contributed by atoms with Gasteiger partial charge in [-0.05, 0) is 37.1 Å². The molecule has 3 rings (SSSR count). The molecule has 0 aromatic heterocycles. The molecule has 6 nitrogen and oxygen atoms in total. The lowest BCUT2D eigenvalue weighted by Gasteiger charge is -2.35. The Balaban J connectivity index is 1.57. The highest BCUT2D eigenvalue weighted by atomic mass is 16.5. The Morgan fingerprint density at radius 3 is 2.31 bits per heavy atom. The topological polar surface area (TPSA) is 60.0 Å². The van der Waals surface area contributed by atoms with Crippen molar-refractivity contribution in [1.82, 2.24) is 10.2 Å². The van der Waals surface area contributed by atoms with Gasteiger partial charge >= 0.3 is 0 Å². The summed E-state index contributed by atoms with van der Waals surface area (Å²) in [4.78, 5) is 15.0. The normalized spacial score (nSPS) is 19.6. The second-order valence-electron chi connectivity index (χ2n) is 7.49. The van der Waals surface area contributed by atoms with E-state index in [0.717, 1.165) is 25.2 Å². The van der Waals surface area contributed by atoms with Crippen LogP contribution in [0.4, 0.5) is 0 Å². The van der Waals surface area contributed by atoms with Gasteiger partial charge in [0.05, 0.1) is 32.0 Å². The van der Waals surface area contributed by atoms with E-state index in [2.05, 4.69) is 48.3 Å². The van der Waals surface area contributed by atoms with Gasteiger partial charge in [-0.2, -0.15) is 0 Å². The van der Waals surface area contributed by atoms with Gasteiger partial charge in [0.2, 0.25) is 0 Å². The lowest BCUT2D eigenvalue weighted by Crippen LogP contribution is -2.44. The minimum absolute atomic E-state index is 0.193. The zero-order chi connectivity index (χ0) is 20.8. The van der Waals surface area contributed by atoms with E-state index < -0.39 is 0 Å². The van der Waals surface area contributed by atoms with Gasteiger partial charge in [-0.25, -0.2) is 0 Å². The van der Waals surface area contributed by atoms with Gasteiger partial charge in [-0.1, -0.05) is 30.3 Å². The Morgan fingerprint density at radius 2 is 1.69 bits per heavy atom. The van der Waals surface area contributed by atoms with Crippen LogP contribution in [0.2, 0.25) is 0 Å². The minimum Gasteiger partial charge on any atom is -0.493 e. The molecule has 6 heteroatoms. The summed E-state index contributed by atoms with van der Waals surface area (Å²) in [6.45, 7) is 7.49. The maximum Gasteiger partial charge on any atom is 0.255 e. The van der Waals surface area contributed by atoms with E-state index >= 15 is 0 Å². The second-order valence-corrected chi connectivity index (χ2v) is 7.49. The predicted molar refractivity (Wildman–Crippen MR) is 112 cm³/mol. The second kappa shape index (κ2) is 9.76. The lowest BCUT2D eigenvalue weighted by atomic mass is 10.1. The van der Waals surface area contributed by atoms with E-state index in [1.807, 2.05) is 0 Å². The molecular weight excluding hydrogens is 368 g/mol. The van der Waals surface area contributed by atoms with Crippen LogP contribution >= 0.6 is 0 Å². The maximum absolute atomic E-state index is 12.6. The van der Waals surface area contributed by atoms with Gasteiger partial charge in [0.15, 0.2) is 11.5 Å². The Labute approximate surface area is 172 Å². The van der Waals surface area contributed by atoms with Crippen molar-refractivity contribution in [1.29, 1.82) is 0 Å². The highest BCUT2D eigenvalue weighted by Crippen LogP contribution is 2.30. The maximum atomic E-state index is 12.6. The van der Waals surface area contributed by atoms with Crippen molar-refractivity contribution in [3.63, 3.8) is 0 Å². The van der Waals surface area contributed by atoms with Crippen molar-refractivity contribution in [2.24, 2.45) is 0 Å². The standard InChI is InChI=1S/C23H30N2O4/c1-16-13-25(14-17(2)29-16)15-19-10-8-18(9-11-19)12-24-23(26)20-6-5-7-21(27-3)22(20)28-4/h5-11,16-17H,12-15H2,1-4H3,(H,24,26). The number of benzene rings is 2. The van der Waals surface area contributed by atoms with Crippen LogP contribution in [0.1, 0.15) is 35.3 Å². The molecule has 29 heavy (non-hydrogen) atoms. The van der Waals surface area contributed by atoms with Crippen molar-refractivity contribution in [2.45, 2.75) is 39.1 Å². The molecule has 1 heterocycles. The van der Waals surface area contributed by atoms with Crippen molar-refractivity contribution in [3.05, 3.63) is 59.2 Å².